The van der Waals surface area contributed by atoms with E-state index in [1.54, 1.807) is 27.8 Å². The molecule has 1 fully saturated rings. The molecule has 0 aromatic carbocycles. The van der Waals surface area contributed by atoms with Crippen LogP contribution in [0.15, 0.2) is 0 Å². The minimum absolute atomic E-state index is 0.450. The summed E-state index contributed by atoms with van der Waals surface area (Å²) in [6, 6.07) is -0.973. The van der Waals surface area contributed by atoms with Crippen molar-refractivity contribution in [1.29, 1.82) is 0 Å². The summed E-state index contributed by atoms with van der Waals surface area (Å²) in [7, 11) is 1.60. The van der Waals surface area contributed by atoms with E-state index in [9.17, 15) is 9.59 Å². The van der Waals surface area contributed by atoms with E-state index in [0.717, 1.165) is 9.91 Å². The second kappa shape index (κ2) is 3.67. The van der Waals surface area contributed by atoms with Crippen LogP contribution in [0.5, 0.6) is 0 Å². The van der Waals surface area contributed by atoms with E-state index in [0.29, 0.717) is 0 Å². The molecule has 0 saturated carbocycles. The van der Waals surface area contributed by atoms with Crippen molar-refractivity contribution in [2.24, 2.45) is 5.84 Å². The number of urea groups is 2. The summed E-state index contributed by atoms with van der Waals surface area (Å²) in [4.78, 5) is 24.5. The largest absolute Gasteiger partial charge is 0.345 e. The maximum absolute atomic E-state index is 11.8. The molecule has 0 radical (unpaired) electrons. The van der Waals surface area contributed by atoms with Crippen molar-refractivity contribution in [1.82, 2.24) is 20.5 Å². The van der Waals surface area contributed by atoms with Crippen LogP contribution in [0.2, 0.25) is 0 Å². The first kappa shape index (κ1) is 11.7. The Bertz CT molecular complexity index is 285. The molecule has 0 aromatic heterocycles. The molecule has 0 bridgehead atoms. The van der Waals surface area contributed by atoms with Gasteiger partial charge in [0.2, 0.25) is 0 Å². The quantitative estimate of drug-likeness (QED) is 0.410. The van der Waals surface area contributed by atoms with E-state index in [1.165, 1.54) is 0 Å². The number of carbonyl (C=O) groups is 2. The van der Waals surface area contributed by atoms with Gasteiger partial charge in [-0.2, -0.15) is 0 Å². The zero-order chi connectivity index (χ0) is 11.8. The predicted octanol–water partition coefficient (Wildman–Crippen LogP) is -0.391. The van der Waals surface area contributed by atoms with Gasteiger partial charge in [0.25, 0.3) is 0 Å². The molecule has 1 heterocycles. The van der Waals surface area contributed by atoms with Crippen molar-refractivity contribution >= 4 is 12.1 Å². The van der Waals surface area contributed by atoms with Crippen LogP contribution >= 0.6 is 0 Å². The van der Waals surface area contributed by atoms with Crippen molar-refractivity contribution in [3.63, 3.8) is 0 Å². The molecule has 4 amide bonds. The zero-order valence-electron chi connectivity index (χ0n) is 9.37. The van der Waals surface area contributed by atoms with E-state index in [2.05, 4.69) is 10.6 Å². The molecule has 0 aliphatic carbocycles. The summed E-state index contributed by atoms with van der Waals surface area (Å²) >= 11 is 0. The van der Waals surface area contributed by atoms with Gasteiger partial charge in [0.1, 0.15) is 0 Å². The standard InChI is InChI=1S/C8H17N5O2/c1-8(2,3)12-6(14)11-5(10-4)13(9)7(12)15/h5,10H,9H2,1-4H3,(H,11,14). The van der Waals surface area contributed by atoms with Gasteiger partial charge >= 0.3 is 12.1 Å². The van der Waals surface area contributed by atoms with E-state index in [-0.39, 0.29) is 0 Å². The minimum Gasteiger partial charge on any atom is -0.303 e. The second-order valence-corrected chi connectivity index (χ2v) is 4.34. The monoisotopic (exact) mass is 215 g/mol. The van der Waals surface area contributed by atoms with Crippen LogP contribution in [0, 0.1) is 0 Å². The lowest BCUT2D eigenvalue weighted by Gasteiger charge is -2.43. The van der Waals surface area contributed by atoms with E-state index >= 15 is 0 Å². The molecule has 1 aliphatic heterocycles. The average molecular weight is 215 g/mol. The van der Waals surface area contributed by atoms with Gasteiger partial charge in [0.15, 0.2) is 6.29 Å². The lowest BCUT2D eigenvalue weighted by molar-refractivity contribution is 0.0667. The Morgan fingerprint density at radius 3 is 2.33 bits per heavy atom. The Labute approximate surface area is 88.5 Å². The first-order valence-corrected chi connectivity index (χ1v) is 4.65. The van der Waals surface area contributed by atoms with Crippen molar-refractivity contribution in [3.05, 3.63) is 0 Å². The number of carbonyl (C=O) groups excluding carboxylic acids is 2. The van der Waals surface area contributed by atoms with Crippen molar-refractivity contribution in [3.8, 4) is 0 Å². The smallest absolute Gasteiger partial charge is 0.303 e. The van der Waals surface area contributed by atoms with Gasteiger partial charge in [-0.25, -0.2) is 25.3 Å². The number of imide groups is 1. The number of nitrogens with one attached hydrogen (secondary N) is 2. The first-order chi connectivity index (χ1) is 6.79. The zero-order valence-corrected chi connectivity index (χ0v) is 9.37. The number of hydrogen-bond donors (Lipinski definition) is 3. The average Bonchev–Trinajstić information content (AvgIpc) is 2.09. The molecular weight excluding hydrogens is 198 g/mol. The van der Waals surface area contributed by atoms with E-state index in [4.69, 9.17) is 5.84 Å². The molecule has 1 saturated heterocycles. The van der Waals surface area contributed by atoms with Crippen LogP contribution < -0.4 is 16.5 Å². The van der Waals surface area contributed by atoms with Crippen LogP contribution in [-0.2, 0) is 0 Å². The lowest BCUT2D eigenvalue weighted by atomic mass is 10.1. The number of amides is 4. The van der Waals surface area contributed by atoms with Crippen molar-refractivity contribution in [2.75, 3.05) is 7.05 Å². The third-order valence-corrected chi connectivity index (χ3v) is 2.10. The summed E-state index contributed by atoms with van der Waals surface area (Å²) in [5, 5.41) is 6.22. The Morgan fingerprint density at radius 2 is 1.93 bits per heavy atom. The molecule has 1 atom stereocenters. The fourth-order valence-corrected chi connectivity index (χ4v) is 1.37. The number of hydrazine groups is 1. The molecule has 15 heavy (non-hydrogen) atoms. The molecule has 7 heteroatoms. The molecule has 0 aromatic rings. The van der Waals surface area contributed by atoms with Crippen molar-refractivity contribution < 1.29 is 9.59 Å². The highest BCUT2D eigenvalue weighted by Gasteiger charge is 2.41. The fraction of sp³-hybridized carbons (Fsp3) is 0.750. The fourth-order valence-electron chi connectivity index (χ4n) is 1.37. The Balaban J connectivity index is 2.95. The summed E-state index contributed by atoms with van der Waals surface area (Å²) in [5.74, 6) is 5.55. The molecule has 1 aliphatic rings. The topological polar surface area (TPSA) is 90.7 Å². The predicted molar refractivity (Wildman–Crippen MR) is 54.4 cm³/mol. The highest BCUT2D eigenvalue weighted by Crippen LogP contribution is 2.18. The van der Waals surface area contributed by atoms with Crippen LogP contribution in [0.3, 0.4) is 0 Å². The summed E-state index contributed by atoms with van der Waals surface area (Å²) in [6.45, 7) is 5.29. The highest BCUT2D eigenvalue weighted by molar-refractivity contribution is 5.96. The van der Waals surface area contributed by atoms with Gasteiger partial charge in [-0.15, -0.1) is 0 Å². The van der Waals surface area contributed by atoms with Crippen molar-refractivity contribution in [2.45, 2.75) is 32.6 Å². The van der Waals surface area contributed by atoms with Gasteiger partial charge in [0, 0.05) is 5.54 Å². The Hall–Kier alpha value is -1.34. The molecule has 0 spiro atoms. The second-order valence-electron chi connectivity index (χ2n) is 4.34. The Morgan fingerprint density at radius 1 is 1.40 bits per heavy atom. The van der Waals surface area contributed by atoms with E-state index in [1.807, 2.05) is 0 Å². The third kappa shape index (κ3) is 2.02. The van der Waals surface area contributed by atoms with Gasteiger partial charge in [-0.05, 0) is 27.8 Å². The number of rotatable bonds is 1. The maximum Gasteiger partial charge on any atom is 0.345 e. The third-order valence-electron chi connectivity index (χ3n) is 2.10. The van der Waals surface area contributed by atoms with Crippen LogP contribution in [0.4, 0.5) is 9.59 Å². The number of nitrogens with two attached hydrogens (primary N) is 1. The van der Waals surface area contributed by atoms with Crippen LogP contribution in [0.1, 0.15) is 20.8 Å². The molecular formula is C8H17N5O2. The summed E-state index contributed by atoms with van der Waals surface area (Å²) in [5.41, 5.74) is -0.600. The summed E-state index contributed by atoms with van der Waals surface area (Å²) in [6.07, 6.45) is -0.663. The molecule has 7 nitrogen and oxygen atoms in total. The molecule has 4 N–H and O–H groups in total. The normalized spacial score (nSPS) is 23.1. The first-order valence-electron chi connectivity index (χ1n) is 4.65. The lowest BCUT2D eigenvalue weighted by Crippen LogP contribution is -2.73. The van der Waals surface area contributed by atoms with Crippen LogP contribution in [0.25, 0.3) is 0 Å². The molecule has 86 valence electrons. The van der Waals surface area contributed by atoms with Gasteiger partial charge in [-0.3, -0.25) is 5.32 Å². The minimum atomic E-state index is -0.663. The molecule has 1 rings (SSSR count). The molecule has 1 unspecified atom stereocenters. The van der Waals surface area contributed by atoms with Crippen LogP contribution in [-0.4, -0.2) is 40.8 Å². The SMILES string of the molecule is CNC1NC(=O)N(C(C)(C)C)C(=O)N1N. The highest BCUT2D eigenvalue weighted by atomic mass is 16.2. The summed E-state index contributed by atoms with van der Waals surface area (Å²) < 4.78 is 0. The number of hydrogen-bond acceptors (Lipinski definition) is 4. The van der Waals surface area contributed by atoms with Gasteiger partial charge in [0.05, 0.1) is 0 Å². The Kier molecular flexibility index (Phi) is 2.87. The van der Waals surface area contributed by atoms with Gasteiger partial charge < -0.3 is 5.32 Å². The maximum atomic E-state index is 11.8. The number of nitrogens with zero attached hydrogens (tertiary/aromatic N) is 2. The van der Waals surface area contributed by atoms with Gasteiger partial charge in [-0.1, -0.05) is 0 Å². The van der Waals surface area contributed by atoms with E-state index < -0.39 is 23.9 Å².